The van der Waals surface area contributed by atoms with Crippen LogP contribution in [-0.4, -0.2) is 20.4 Å². The van der Waals surface area contributed by atoms with Crippen LogP contribution < -0.4 is 0 Å². The average molecular weight is 198 g/mol. The second-order valence-electron chi connectivity index (χ2n) is 0.428. The van der Waals surface area contributed by atoms with E-state index >= 15 is 0 Å². The van der Waals surface area contributed by atoms with Crippen molar-refractivity contribution >= 4 is 20.4 Å². The van der Waals surface area contributed by atoms with Gasteiger partial charge in [-0.15, -0.1) is 0 Å². The number of hydrogen-bond donors (Lipinski definition) is 0. The van der Waals surface area contributed by atoms with Crippen LogP contribution in [-0.2, 0) is 31.5 Å². The van der Waals surface area contributed by atoms with Crippen molar-refractivity contribution in [1.29, 1.82) is 0 Å². The average Bonchev–Trinajstić information content (AvgIpc) is 2.14. The molecule has 0 spiro atoms. The second-order valence-corrected chi connectivity index (χ2v) is 0.428. The van der Waals surface area contributed by atoms with E-state index in [1.807, 2.05) is 20.4 Å². The molecule has 4 heteroatoms. The van der Waals surface area contributed by atoms with Crippen LogP contribution in [0.3, 0.4) is 0 Å². The van der Waals surface area contributed by atoms with Gasteiger partial charge in [0.2, 0.25) is 0 Å². The summed E-state index contributed by atoms with van der Waals surface area (Å²) in [6, 6.07) is 0. The Bertz CT molecular complexity index is 56.0. The molecular weight excluding hydrogens is 187 g/mol. The normalized spacial score (nSPS) is 2.91. The fourth-order valence-electron chi connectivity index (χ4n) is 0. The molecule has 0 aromatic carbocycles. The maximum atomic E-state index is 8.00. The van der Waals surface area contributed by atoms with Crippen molar-refractivity contribution in [2.24, 2.45) is 0 Å². The molecule has 0 fully saturated rings. The maximum Gasteiger partial charge on any atom is 0.106 e. The summed E-state index contributed by atoms with van der Waals surface area (Å²) in [6.45, 7) is 14.1. The van der Waals surface area contributed by atoms with Gasteiger partial charge in [0, 0.05) is 17.1 Å². The first-order valence-corrected chi connectivity index (χ1v) is 1.94. The van der Waals surface area contributed by atoms with Gasteiger partial charge < -0.3 is 14.4 Å². The Balaban J connectivity index is -0.0000000152. The van der Waals surface area contributed by atoms with Gasteiger partial charge in [0.15, 0.2) is 0 Å². The minimum absolute atomic E-state index is 0. The number of carbonyl (C=O) groups excluding carboxylic acids is 3. The monoisotopic (exact) mass is 198 g/mol. The molecule has 0 aromatic heterocycles. The van der Waals surface area contributed by atoms with Crippen molar-refractivity contribution in [3.8, 4) is 0 Å². The van der Waals surface area contributed by atoms with Gasteiger partial charge >= 0.3 is 0 Å². The van der Waals surface area contributed by atoms with Crippen LogP contribution in [0.2, 0.25) is 0 Å². The van der Waals surface area contributed by atoms with Crippen LogP contribution in [0.25, 0.3) is 0 Å². The van der Waals surface area contributed by atoms with E-state index in [4.69, 9.17) is 21.0 Å². The van der Waals surface area contributed by atoms with Crippen LogP contribution in [0, 0.1) is 6.58 Å². The zero-order valence-corrected chi connectivity index (χ0v) is 7.34. The van der Waals surface area contributed by atoms with Crippen molar-refractivity contribution in [2.45, 2.75) is 0 Å². The zero-order valence-electron chi connectivity index (χ0n) is 6.16. The molecule has 0 heterocycles. The Hall–Kier alpha value is -0.991. The maximum absolute atomic E-state index is 8.00. The Morgan fingerprint density at radius 2 is 1.00 bits per heavy atom. The van der Waals surface area contributed by atoms with Crippen molar-refractivity contribution in [2.75, 3.05) is 0 Å². The van der Waals surface area contributed by atoms with Crippen LogP contribution in [0.5, 0.6) is 0 Å². The van der Waals surface area contributed by atoms with E-state index in [0.717, 1.165) is 0 Å². The topological polar surface area (TPSA) is 51.2 Å². The molecule has 0 aliphatic carbocycles. The molecule has 0 N–H and O–H groups in total. The van der Waals surface area contributed by atoms with E-state index in [9.17, 15) is 0 Å². The summed E-state index contributed by atoms with van der Waals surface area (Å²) in [7, 11) is 0. The Morgan fingerprint density at radius 1 is 0.909 bits per heavy atom. The summed E-state index contributed by atoms with van der Waals surface area (Å²) in [6.07, 6.45) is 2.92. The molecule has 1 radical (unpaired) electrons. The molecule has 0 aromatic rings. The molecule has 65 valence electrons. The third-order valence-electron chi connectivity index (χ3n) is 0.136. The molecule has 0 saturated carbocycles. The Labute approximate surface area is 77.6 Å². The summed E-state index contributed by atoms with van der Waals surface area (Å²) in [5.74, 6) is 0. The summed E-state index contributed by atoms with van der Waals surface area (Å²) in [5.41, 5.74) is 0. The fourth-order valence-corrected chi connectivity index (χ4v) is 0. The van der Waals surface area contributed by atoms with Gasteiger partial charge in [0.1, 0.15) is 20.4 Å². The van der Waals surface area contributed by atoms with Gasteiger partial charge in [-0.3, -0.25) is 6.58 Å². The minimum atomic E-state index is 0. The van der Waals surface area contributed by atoms with Crippen molar-refractivity contribution < 1.29 is 31.5 Å². The third kappa shape index (κ3) is 4930000. The summed E-state index contributed by atoms with van der Waals surface area (Å²) < 4.78 is 0. The van der Waals surface area contributed by atoms with Crippen molar-refractivity contribution in [3.05, 3.63) is 25.3 Å². The smallest absolute Gasteiger partial charge is 0.106 e. The standard InChI is InChI=1S/C4H5.3CH2O.Mn/c1-3-4-2;3*1-2;/h1,3-4H,2H2;3*1H2;/q-1;;;;. The number of hydrogen-bond acceptors (Lipinski definition) is 3. The van der Waals surface area contributed by atoms with E-state index in [0.29, 0.717) is 0 Å². The molecule has 11 heavy (non-hydrogen) atoms. The zero-order chi connectivity index (χ0) is 9.41. The van der Waals surface area contributed by atoms with Crippen molar-refractivity contribution in [1.82, 2.24) is 0 Å². The van der Waals surface area contributed by atoms with Gasteiger partial charge in [-0.2, -0.15) is 6.58 Å². The summed E-state index contributed by atoms with van der Waals surface area (Å²) in [4.78, 5) is 24.0. The third-order valence-corrected chi connectivity index (χ3v) is 0.136. The number of allylic oxidation sites excluding steroid dienone is 2. The molecule has 0 saturated heterocycles. The van der Waals surface area contributed by atoms with E-state index in [2.05, 4.69) is 6.58 Å². The molecule has 0 aliphatic heterocycles. The van der Waals surface area contributed by atoms with Crippen molar-refractivity contribution in [3.63, 3.8) is 0 Å². The molecule has 0 aliphatic rings. The molecule has 0 rings (SSSR count). The predicted molar refractivity (Wildman–Crippen MR) is 40.4 cm³/mol. The first-order valence-electron chi connectivity index (χ1n) is 1.94. The van der Waals surface area contributed by atoms with Gasteiger partial charge in [-0.05, 0) is 0 Å². The Morgan fingerprint density at radius 3 is 1.00 bits per heavy atom. The van der Waals surface area contributed by atoms with Crippen LogP contribution in [0.1, 0.15) is 0 Å². The molecule has 0 amide bonds. The minimum Gasteiger partial charge on any atom is -0.307 e. The molecule has 3 nitrogen and oxygen atoms in total. The molecule has 0 atom stereocenters. The van der Waals surface area contributed by atoms with Gasteiger partial charge in [-0.25, -0.2) is 12.2 Å². The Kier molecular flexibility index (Phi) is 1670. The first kappa shape index (κ1) is 32.4. The molecule has 0 unspecified atom stereocenters. The van der Waals surface area contributed by atoms with E-state index in [1.54, 1.807) is 0 Å². The molecular formula is C7H11MnO3-. The van der Waals surface area contributed by atoms with Gasteiger partial charge in [0.05, 0.1) is 0 Å². The van der Waals surface area contributed by atoms with Crippen LogP contribution in [0.15, 0.2) is 18.7 Å². The van der Waals surface area contributed by atoms with Crippen LogP contribution >= 0.6 is 0 Å². The SMILES string of the molecule is C=O.C=O.C=O.[CH-]=CC=C.[Mn]. The fraction of sp³-hybridized carbons (Fsp3) is 0. The largest absolute Gasteiger partial charge is 0.307 e. The molecule has 0 bridgehead atoms. The van der Waals surface area contributed by atoms with Crippen LogP contribution in [0.4, 0.5) is 0 Å². The van der Waals surface area contributed by atoms with E-state index in [-0.39, 0.29) is 17.1 Å². The first-order chi connectivity index (χ1) is 4.91. The van der Waals surface area contributed by atoms with E-state index < -0.39 is 0 Å². The van der Waals surface area contributed by atoms with Gasteiger partial charge in [0.25, 0.3) is 0 Å². The summed E-state index contributed by atoms with van der Waals surface area (Å²) >= 11 is 0. The number of carbonyl (C=O) groups is 3. The predicted octanol–water partition coefficient (Wildman–Crippen LogP) is 0.604. The van der Waals surface area contributed by atoms with Gasteiger partial charge in [-0.1, -0.05) is 0 Å². The number of rotatable bonds is 1. The van der Waals surface area contributed by atoms with E-state index in [1.165, 1.54) is 12.2 Å². The summed E-state index contributed by atoms with van der Waals surface area (Å²) in [5, 5.41) is 0. The second kappa shape index (κ2) is 567. The quantitative estimate of drug-likeness (QED) is 0.352.